The van der Waals surface area contributed by atoms with Gasteiger partial charge in [-0.1, -0.05) is 12.1 Å². The third-order valence-corrected chi connectivity index (χ3v) is 2.93. The summed E-state index contributed by atoms with van der Waals surface area (Å²) in [6.07, 6.45) is 1.57. The van der Waals surface area contributed by atoms with Gasteiger partial charge in [0.1, 0.15) is 5.84 Å². The van der Waals surface area contributed by atoms with Crippen molar-refractivity contribution in [2.24, 2.45) is 5.73 Å². The SMILES string of the molecule is N=C(N)c1ccccc1N1CCCC(O)C1. The topological polar surface area (TPSA) is 73.3 Å². The highest BCUT2D eigenvalue weighted by Crippen LogP contribution is 2.23. The van der Waals surface area contributed by atoms with Crippen LogP contribution in [0.15, 0.2) is 24.3 Å². The average molecular weight is 219 g/mol. The number of aliphatic hydroxyl groups excluding tert-OH is 1. The lowest BCUT2D eigenvalue weighted by molar-refractivity contribution is 0.154. The Hall–Kier alpha value is -1.55. The zero-order chi connectivity index (χ0) is 11.5. The minimum absolute atomic E-state index is 0.0793. The van der Waals surface area contributed by atoms with E-state index in [-0.39, 0.29) is 11.9 Å². The first kappa shape index (κ1) is 11.0. The molecule has 1 aromatic carbocycles. The number of piperidine rings is 1. The Morgan fingerprint density at radius 1 is 1.44 bits per heavy atom. The Bertz CT molecular complexity index is 392. The molecular weight excluding hydrogens is 202 g/mol. The Balaban J connectivity index is 2.28. The molecule has 4 nitrogen and oxygen atoms in total. The zero-order valence-corrected chi connectivity index (χ0v) is 9.19. The molecule has 0 radical (unpaired) electrons. The van der Waals surface area contributed by atoms with E-state index in [4.69, 9.17) is 11.1 Å². The molecule has 0 saturated carbocycles. The zero-order valence-electron chi connectivity index (χ0n) is 9.19. The summed E-state index contributed by atoms with van der Waals surface area (Å²) in [6.45, 7) is 1.55. The maximum absolute atomic E-state index is 9.64. The summed E-state index contributed by atoms with van der Waals surface area (Å²) in [5.74, 6) is 0.0793. The van der Waals surface area contributed by atoms with Gasteiger partial charge in [0.15, 0.2) is 0 Å². The van der Waals surface area contributed by atoms with Crippen molar-refractivity contribution in [3.8, 4) is 0 Å². The molecule has 1 fully saturated rings. The largest absolute Gasteiger partial charge is 0.391 e. The molecule has 4 N–H and O–H groups in total. The van der Waals surface area contributed by atoms with Crippen LogP contribution in [0.25, 0.3) is 0 Å². The molecule has 1 unspecified atom stereocenters. The molecule has 4 heteroatoms. The van der Waals surface area contributed by atoms with Gasteiger partial charge in [0.05, 0.1) is 6.10 Å². The lowest BCUT2D eigenvalue weighted by atomic mass is 10.0. The lowest BCUT2D eigenvalue weighted by Crippen LogP contribution is -2.39. The second-order valence-electron chi connectivity index (χ2n) is 4.17. The van der Waals surface area contributed by atoms with Crippen LogP contribution in [0.1, 0.15) is 18.4 Å². The van der Waals surface area contributed by atoms with Crippen molar-refractivity contribution in [2.45, 2.75) is 18.9 Å². The van der Waals surface area contributed by atoms with Crippen LogP contribution in [0.5, 0.6) is 0 Å². The van der Waals surface area contributed by atoms with E-state index < -0.39 is 0 Å². The van der Waals surface area contributed by atoms with Crippen molar-refractivity contribution in [1.29, 1.82) is 5.41 Å². The molecule has 0 aromatic heterocycles. The monoisotopic (exact) mass is 219 g/mol. The normalized spacial score (nSPS) is 20.8. The van der Waals surface area contributed by atoms with Gasteiger partial charge in [-0.15, -0.1) is 0 Å². The summed E-state index contributed by atoms with van der Waals surface area (Å²) >= 11 is 0. The maximum Gasteiger partial charge on any atom is 0.124 e. The Labute approximate surface area is 95.2 Å². The minimum atomic E-state index is -0.270. The highest BCUT2D eigenvalue weighted by Gasteiger charge is 2.20. The summed E-state index contributed by atoms with van der Waals surface area (Å²) in [4.78, 5) is 2.10. The second-order valence-corrected chi connectivity index (χ2v) is 4.17. The number of benzene rings is 1. The molecule has 0 spiro atoms. The van der Waals surface area contributed by atoms with Gasteiger partial charge in [-0.05, 0) is 25.0 Å². The number of nitrogen functional groups attached to an aromatic ring is 1. The van der Waals surface area contributed by atoms with Gasteiger partial charge < -0.3 is 15.7 Å². The Morgan fingerprint density at radius 3 is 2.88 bits per heavy atom. The number of nitrogens with one attached hydrogen (secondary N) is 1. The van der Waals surface area contributed by atoms with E-state index in [2.05, 4.69) is 4.90 Å². The Kier molecular flexibility index (Phi) is 3.10. The first-order chi connectivity index (χ1) is 7.68. The van der Waals surface area contributed by atoms with E-state index in [1.807, 2.05) is 24.3 Å². The molecule has 16 heavy (non-hydrogen) atoms. The number of hydrogen-bond donors (Lipinski definition) is 3. The predicted molar refractivity (Wildman–Crippen MR) is 64.9 cm³/mol. The third-order valence-electron chi connectivity index (χ3n) is 2.93. The summed E-state index contributed by atoms with van der Waals surface area (Å²) in [5, 5.41) is 17.2. The molecule has 0 aliphatic carbocycles. The number of nitrogens with two attached hydrogens (primary N) is 1. The number of rotatable bonds is 2. The van der Waals surface area contributed by atoms with Gasteiger partial charge in [0, 0.05) is 24.3 Å². The van der Waals surface area contributed by atoms with E-state index >= 15 is 0 Å². The smallest absolute Gasteiger partial charge is 0.124 e. The van der Waals surface area contributed by atoms with Crippen molar-refractivity contribution in [1.82, 2.24) is 0 Å². The van der Waals surface area contributed by atoms with Gasteiger partial charge in [-0.3, -0.25) is 5.41 Å². The molecule has 1 aliphatic rings. The summed E-state index contributed by atoms with van der Waals surface area (Å²) in [6, 6.07) is 7.61. The number of hydrogen-bond acceptors (Lipinski definition) is 3. The van der Waals surface area contributed by atoms with Crippen LogP contribution in [-0.4, -0.2) is 30.1 Å². The highest BCUT2D eigenvalue weighted by molar-refractivity contribution is 6.00. The van der Waals surface area contributed by atoms with Crippen LogP contribution in [0.2, 0.25) is 0 Å². The van der Waals surface area contributed by atoms with Gasteiger partial charge >= 0.3 is 0 Å². The van der Waals surface area contributed by atoms with E-state index in [9.17, 15) is 5.11 Å². The molecule has 1 atom stereocenters. The van der Waals surface area contributed by atoms with Crippen molar-refractivity contribution in [2.75, 3.05) is 18.0 Å². The van der Waals surface area contributed by atoms with Crippen molar-refractivity contribution in [3.63, 3.8) is 0 Å². The lowest BCUT2D eigenvalue weighted by Gasteiger charge is -2.33. The molecule has 1 aromatic rings. The quantitative estimate of drug-likeness (QED) is 0.512. The summed E-state index contributed by atoms with van der Waals surface area (Å²) < 4.78 is 0. The molecule has 2 rings (SSSR count). The van der Waals surface area contributed by atoms with Crippen LogP contribution < -0.4 is 10.6 Å². The first-order valence-electron chi connectivity index (χ1n) is 5.55. The van der Waals surface area contributed by atoms with E-state index in [0.29, 0.717) is 6.54 Å². The van der Waals surface area contributed by atoms with Crippen LogP contribution in [-0.2, 0) is 0 Å². The van der Waals surface area contributed by atoms with Crippen molar-refractivity contribution < 1.29 is 5.11 Å². The third kappa shape index (κ3) is 2.17. The van der Waals surface area contributed by atoms with Gasteiger partial charge in [-0.2, -0.15) is 0 Å². The highest BCUT2D eigenvalue weighted by atomic mass is 16.3. The molecule has 0 bridgehead atoms. The molecule has 1 saturated heterocycles. The number of aliphatic hydroxyl groups is 1. The van der Waals surface area contributed by atoms with Gasteiger partial charge in [0.2, 0.25) is 0 Å². The summed E-state index contributed by atoms with van der Waals surface area (Å²) in [5.41, 5.74) is 7.25. The number of amidine groups is 1. The van der Waals surface area contributed by atoms with E-state index in [1.54, 1.807) is 0 Å². The molecule has 1 heterocycles. The molecule has 0 amide bonds. The molecular formula is C12H17N3O. The molecule has 1 aliphatic heterocycles. The van der Waals surface area contributed by atoms with E-state index in [0.717, 1.165) is 30.6 Å². The van der Waals surface area contributed by atoms with Crippen LogP contribution >= 0.6 is 0 Å². The minimum Gasteiger partial charge on any atom is -0.391 e. The standard InChI is InChI=1S/C12H17N3O/c13-12(14)10-5-1-2-6-11(10)15-7-3-4-9(16)8-15/h1-2,5-6,9,16H,3-4,7-8H2,(H3,13,14). The number of nitrogens with zero attached hydrogens (tertiary/aromatic N) is 1. The predicted octanol–water partition coefficient (Wildman–Crippen LogP) is 0.932. The van der Waals surface area contributed by atoms with Crippen LogP contribution in [0.4, 0.5) is 5.69 Å². The Morgan fingerprint density at radius 2 is 2.19 bits per heavy atom. The average Bonchev–Trinajstić information content (AvgIpc) is 2.29. The van der Waals surface area contributed by atoms with Crippen molar-refractivity contribution >= 4 is 11.5 Å². The fourth-order valence-electron chi connectivity index (χ4n) is 2.15. The summed E-state index contributed by atoms with van der Waals surface area (Å²) in [7, 11) is 0. The van der Waals surface area contributed by atoms with Gasteiger partial charge in [-0.25, -0.2) is 0 Å². The van der Waals surface area contributed by atoms with Gasteiger partial charge in [0.25, 0.3) is 0 Å². The molecule has 86 valence electrons. The van der Waals surface area contributed by atoms with Crippen LogP contribution in [0, 0.1) is 5.41 Å². The number of anilines is 1. The number of para-hydroxylation sites is 1. The number of β-amino-alcohol motifs (C(OH)–C–C–N with tert-alkyl or cyclic N) is 1. The van der Waals surface area contributed by atoms with Crippen molar-refractivity contribution in [3.05, 3.63) is 29.8 Å². The second kappa shape index (κ2) is 4.53. The first-order valence-corrected chi connectivity index (χ1v) is 5.55. The fourth-order valence-corrected chi connectivity index (χ4v) is 2.15. The van der Waals surface area contributed by atoms with E-state index in [1.165, 1.54) is 0 Å². The fraction of sp³-hybridized carbons (Fsp3) is 0.417. The maximum atomic E-state index is 9.64. The van der Waals surface area contributed by atoms with Crippen LogP contribution in [0.3, 0.4) is 0 Å².